The van der Waals surface area contributed by atoms with Gasteiger partial charge in [-0.05, 0) is 25.5 Å². The van der Waals surface area contributed by atoms with Gasteiger partial charge >= 0.3 is 5.97 Å². The van der Waals surface area contributed by atoms with Crippen LogP contribution in [-0.2, 0) is 4.79 Å². The van der Waals surface area contributed by atoms with E-state index in [2.05, 4.69) is 6.07 Å². The minimum absolute atomic E-state index is 0.402. The number of hydrogen-bond donors (Lipinski definition) is 2. The number of aryl methyl sites for hydroxylation is 2. The van der Waals surface area contributed by atoms with Crippen molar-refractivity contribution >= 4 is 17.7 Å². The van der Waals surface area contributed by atoms with Crippen molar-refractivity contribution < 1.29 is 9.90 Å². The fraction of sp³-hybridized carbons (Fsp3) is 0.364. The Labute approximate surface area is 93.7 Å². The van der Waals surface area contributed by atoms with Crippen LogP contribution in [0.2, 0.25) is 0 Å². The Morgan fingerprint density at radius 1 is 1.53 bits per heavy atom. The molecule has 1 atom stereocenters. The standard InChI is InChI=1S/C11H15NO2S/c1-7-3-4-8(2)10(5-7)15-6-9(12)11(13)14/h3-5,9H,6,12H2,1-2H3,(H,13,14)/t9-/m0/s1. The van der Waals surface area contributed by atoms with Crippen LogP contribution >= 0.6 is 11.8 Å². The van der Waals surface area contributed by atoms with Gasteiger partial charge in [-0.15, -0.1) is 11.8 Å². The molecule has 15 heavy (non-hydrogen) atoms. The number of aliphatic carboxylic acids is 1. The molecule has 0 fully saturated rings. The summed E-state index contributed by atoms with van der Waals surface area (Å²) in [6.07, 6.45) is 0. The van der Waals surface area contributed by atoms with Gasteiger partial charge in [0.15, 0.2) is 0 Å². The number of rotatable bonds is 4. The highest BCUT2D eigenvalue weighted by molar-refractivity contribution is 7.99. The molecule has 0 radical (unpaired) electrons. The second kappa shape index (κ2) is 5.19. The zero-order valence-electron chi connectivity index (χ0n) is 8.86. The second-order valence-corrected chi connectivity index (χ2v) is 4.59. The maximum absolute atomic E-state index is 10.5. The fourth-order valence-corrected chi connectivity index (χ4v) is 2.18. The monoisotopic (exact) mass is 225 g/mol. The highest BCUT2D eigenvalue weighted by atomic mass is 32.2. The third-order valence-electron chi connectivity index (χ3n) is 2.08. The molecule has 0 saturated carbocycles. The molecular weight excluding hydrogens is 210 g/mol. The lowest BCUT2D eigenvalue weighted by Crippen LogP contribution is -2.32. The van der Waals surface area contributed by atoms with E-state index in [0.717, 1.165) is 10.5 Å². The number of benzene rings is 1. The van der Waals surface area contributed by atoms with Crippen LogP contribution in [0.4, 0.5) is 0 Å². The molecule has 0 unspecified atom stereocenters. The number of carboxylic acids is 1. The van der Waals surface area contributed by atoms with Gasteiger partial charge in [-0.2, -0.15) is 0 Å². The van der Waals surface area contributed by atoms with Crippen LogP contribution in [0, 0.1) is 13.8 Å². The van der Waals surface area contributed by atoms with E-state index < -0.39 is 12.0 Å². The summed E-state index contributed by atoms with van der Waals surface area (Å²) in [7, 11) is 0. The molecule has 0 aliphatic heterocycles. The summed E-state index contributed by atoms with van der Waals surface area (Å²) in [5.74, 6) is -0.549. The molecule has 0 amide bonds. The molecule has 0 saturated heterocycles. The number of nitrogens with two attached hydrogens (primary N) is 1. The van der Waals surface area contributed by atoms with Crippen LogP contribution in [0.1, 0.15) is 11.1 Å². The SMILES string of the molecule is Cc1ccc(C)c(SC[C@H](N)C(=O)O)c1. The van der Waals surface area contributed by atoms with Gasteiger partial charge in [0.1, 0.15) is 6.04 Å². The number of carboxylic acid groups (broad SMARTS) is 1. The number of thioether (sulfide) groups is 1. The summed E-state index contributed by atoms with van der Waals surface area (Å²) in [6.45, 7) is 4.02. The third kappa shape index (κ3) is 3.57. The van der Waals surface area contributed by atoms with E-state index in [1.54, 1.807) is 0 Å². The van der Waals surface area contributed by atoms with Crippen LogP contribution in [0.25, 0.3) is 0 Å². The van der Waals surface area contributed by atoms with Gasteiger partial charge in [-0.1, -0.05) is 17.7 Å². The largest absolute Gasteiger partial charge is 0.480 e. The lowest BCUT2D eigenvalue weighted by atomic mass is 10.2. The van der Waals surface area contributed by atoms with Crippen LogP contribution in [0.3, 0.4) is 0 Å². The maximum Gasteiger partial charge on any atom is 0.321 e. The molecule has 0 aromatic heterocycles. The van der Waals surface area contributed by atoms with E-state index in [1.165, 1.54) is 17.3 Å². The molecule has 0 aliphatic rings. The predicted octanol–water partition coefficient (Wildman–Crippen LogP) is 1.81. The lowest BCUT2D eigenvalue weighted by molar-refractivity contribution is -0.137. The van der Waals surface area contributed by atoms with Gasteiger partial charge in [-0.3, -0.25) is 4.79 Å². The smallest absolute Gasteiger partial charge is 0.321 e. The van der Waals surface area contributed by atoms with Gasteiger partial charge in [0.2, 0.25) is 0 Å². The lowest BCUT2D eigenvalue weighted by Gasteiger charge is -2.09. The van der Waals surface area contributed by atoms with Gasteiger partial charge in [-0.25, -0.2) is 0 Å². The molecule has 3 N–H and O–H groups in total. The molecule has 0 heterocycles. The average molecular weight is 225 g/mol. The van der Waals surface area contributed by atoms with Crippen molar-refractivity contribution in [2.24, 2.45) is 5.73 Å². The zero-order valence-corrected chi connectivity index (χ0v) is 9.67. The van der Waals surface area contributed by atoms with Crippen molar-refractivity contribution in [1.29, 1.82) is 0 Å². The first-order valence-electron chi connectivity index (χ1n) is 4.69. The first-order valence-corrected chi connectivity index (χ1v) is 5.67. The van der Waals surface area contributed by atoms with Gasteiger partial charge in [0.25, 0.3) is 0 Å². The molecule has 0 bridgehead atoms. The third-order valence-corrected chi connectivity index (χ3v) is 3.36. The molecule has 3 nitrogen and oxygen atoms in total. The molecule has 4 heteroatoms. The topological polar surface area (TPSA) is 63.3 Å². The van der Waals surface area contributed by atoms with Crippen molar-refractivity contribution in [2.75, 3.05) is 5.75 Å². The summed E-state index contributed by atoms with van der Waals surface area (Å²) in [6, 6.07) is 5.32. The van der Waals surface area contributed by atoms with Crippen molar-refractivity contribution in [2.45, 2.75) is 24.8 Å². The Balaban J connectivity index is 2.65. The number of hydrogen-bond acceptors (Lipinski definition) is 3. The van der Waals surface area contributed by atoms with E-state index in [4.69, 9.17) is 10.8 Å². The Hall–Kier alpha value is -1.00. The number of carbonyl (C=O) groups is 1. The highest BCUT2D eigenvalue weighted by Gasteiger charge is 2.12. The van der Waals surface area contributed by atoms with E-state index in [9.17, 15) is 4.79 Å². The first kappa shape index (κ1) is 12.1. The minimum atomic E-state index is -0.951. The minimum Gasteiger partial charge on any atom is -0.480 e. The summed E-state index contributed by atoms with van der Waals surface area (Å²) < 4.78 is 0. The Bertz CT molecular complexity index is 366. The Kier molecular flexibility index (Phi) is 4.17. The fourth-order valence-electron chi connectivity index (χ4n) is 1.11. The van der Waals surface area contributed by atoms with E-state index >= 15 is 0 Å². The van der Waals surface area contributed by atoms with Crippen LogP contribution in [-0.4, -0.2) is 22.9 Å². The average Bonchev–Trinajstić information content (AvgIpc) is 2.18. The van der Waals surface area contributed by atoms with E-state index in [1.807, 2.05) is 26.0 Å². The summed E-state index contributed by atoms with van der Waals surface area (Å²) in [4.78, 5) is 11.6. The quantitative estimate of drug-likeness (QED) is 0.767. The molecule has 1 rings (SSSR count). The van der Waals surface area contributed by atoms with Crippen LogP contribution in [0.15, 0.2) is 23.1 Å². The highest BCUT2D eigenvalue weighted by Crippen LogP contribution is 2.23. The molecule has 0 aliphatic carbocycles. The van der Waals surface area contributed by atoms with Gasteiger partial charge in [0, 0.05) is 10.6 Å². The van der Waals surface area contributed by atoms with Crippen molar-refractivity contribution in [3.8, 4) is 0 Å². The first-order chi connectivity index (χ1) is 7.00. The van der Waals surface area contributed by atoms with Crippen LogP contribution in [0.5, 0.6) is 0 Å². The summed E-state index contributed by atoms with van der Waals surface area (Å²) in [5, 5.41) is 8.65. The van der Waals surface area contributed by atoms with Gasteiger partial charge in [0.05, 0.1) is 0 Å². The van der Waals surface area contributed by atoms with Gasteiger partial charge < -0.3 is 10.8 Å². The van der Waals surface area contributed by atoms with E-state index in [0.29, 0.717) is 5.75 Å². The molecule has 1 aromatic carbocycles. The van der Waals surface area contributed by atoms with E-state index in [-0.39, 0.29) is 0 Å². The Morgan fingerprint density at radius 2 is 2.20 bits per heavy atom. The predicted molar refractivity (Wildman–Crippen MR) is 62.3 cm³/mol. The molecule has 1 aromatic rings. The van der Waals surface area contributed by atoms with Crippen molar-refractivity contribution in [3.63, 3.8) is 0 Å². The molecule has 82 valence electrons. The Morgan fingerprint density at radius 3 is 2.80 bits per heavy atom. The molecular formula is C11H15NO2S. The summed E-state index contributed by atoms with van der Waals surface area (Å²) >= 11 is 1.49. The normalized spacial score (nSPS) is 12.5. The maximum atomic E-state index is 10.5. The second-order valence-electron chi connectivity index (χ2n) is 3.52. The molecule has 0 spiro atoms. The van der Waals surface area contributed by atoms with Crippen molar-refractivity contribution in [1.82, 2.24) is 0 Å². The van der Waals surface area contributed by atoms with Crippen LogP contribution < -0.4 is 5.73 Å². The van der Waals surface area contributed by atoms with Crippen molar-refractivity contribution in [3.05, 3.63) is 29.3 Å². The summed E-state index contributed by atoms with van der Waals surface area (Å²) in [5.41, 5.74) is 7.76. The zero-order chi connectivity index (χ0) is 11.4.